The number of hydrazone groups is 1. The van der Waals surface area contributed by atoms with E-state index in [0.29, 0.717) is 22.5 Å². The normalized spacial score (nSPS) is 21.7. The lowest BCUT2D eigenvalue weighted by Gasteiger charge is -2.24. The van der Waals surface area contributed by atoms with Crippen LogP contribution in [-0.4, -0.2) is 30.2 Å². The molecule has 0 saturated heterocycles. The number of amidine groups is 1. The summed E-state index contributed by atoms with van der Waals surface area (Å²) in [6.45, 7) is 2.91. The zero-order valence-electron chi connectivity index (χ0n) is 14.5. The number of methoxy groups -OCH3 is 1. The summed E-state index contributed by atoms with van der Waals surface area (Å²) >= 11 is 6.25. The summed E-state index contributed by atoms with van der Waals surface area (Å²) in [5.74, 6) is 2.22. The second-order valence-electron chi connectivity index (χ2n) is 6.94. The van der Waals surface area contributed by atoms with E-state index in [0.717, 1.165) is 24.2 Å². The van der Waals surface area contributed by atoms with Gasteiger partial charge in [-0.05, 0) is 18.1 Å². The van der Waals surface area contributed by atoms with Crippen LogP contribution in [0.4, 0.5) is 0 Å². The van der Waals surface area contributed by atoms with Gasteiger partial charge in [0.25, 0.3) is 0 Å². The van der Waals surface area contributed by atoms with E-state index in [9.17, 15) is 0 Å². The Labute approximate surface area is 149 Å². The molecule has 1 saturated carbocycles. The summed E-state index contributed by atoms with van der Waals surface area (Å²) in [4.78, 5) is 0. The number of rotatable bonds is 4. The number of halogens is 1. The monoisotopic (exact) mass is 347 g/mol. The second kappa shape index (κ2) is 7.56. The Morgan fingerprint density at radius 1 is 1.33 bits per heavy atom. The lowest BCUT2D eigenvalue weighted by Crippen LogP contribution is -2.27. The maximum atomic E-state index is 8.47. The first-order valence-corrected chi connectivity index (χ1v) is 9.24. The molecule has 1 N–H and O–H groups in total. The molecule has 0 bridgehead atoms. The van der Waals surface area contributed by atoms with Gasteiger partial charge in [0.05, 0.1) is 24.4 Å². The molecule has 1 atom stereocenters. The number of hydrogen-bond acceptors (Lipinski definition) is 3. The Balaban J connectivity index is 1.76. The van der Waals surface area contributed by atoms with Crippen molar-refractivity contribution in [3.05, 3.63) is 28.8 Å². The van der Waals surface area contributed by atoms with Crippen LogP contribution in [0.5, 0.6) is 5.75 Å². The quantitative estimate of drug-likeness (QED) is 0.618. The lowest BCUT2D eigenvalue weighted by molar-refractivity contribution is 0.348. The highest BCUT2D eigenvalue weighted by molar-refractivity contribution is 6.32. The maximum Gasteiger partial charge on any atom is 0.146 e. The largest absolute Gasteiger partial charge is 0.494 e. The number of benzene rings is 1. The van der Waals surface area contributed by atoms with Crippen molar-refractivity contribution in [3.8, 4) is 5.75 Å². The van der Waals surface area contributed by atoms with E-state index in [1.54, 1.807) is 7.11 Å². The molecule has 0 aromatic heterocycles. The highest BCUT2D eigenvalue weighted by atomic mass is 35.5. The van der Waals surface area contributed by atoms with Crippen LogP contribution in [0.3, 0.4) is 0 Å². The molecule has 1 fully saturated rings. The molecule has 130 valence electrons. The van der Waals surface area contributed by atoms with Gasteiger partial charge in [-0.2, -0.15) is 5.10 Å². The maximum absolute atomic E-state index is 8.47. The molecule has 1 aliphatic heterocycles. The first-order valence-electron chi connectivity index (χ1n) is 8.86. The van der Waals surface area contributed by atoms with Crippen LogP contribution in [0.1, 0.15) is 51.0 Å². The second-order valence-corrected chi connectivity index (χ2v) is 7.35. The Bertz CT molecular complexity index is 637. The molecular formula is C19H26ClN3O. The third-order valence-electron chi connectivity index (χ3n) is 5.11. The zero-order valence-corrected chi connectivity index (χ0v) is 15.3. The molecular weight excluding hydrogens is 322 g/mol. The predicted molar refractivity (Wildman–Crippen MR) is 99.3 cm³/mol. The van der Waals surface area contributed by atoms with Gasteiger partial charge in [0.15, 0.2) is 0 Å². The number of hydrogen-bond donors (Lipinski definition) is 1. The van der Waals surface area contributed by atoms with Gasteiger partial charge in [0.2, 0.25) is 0 Å². The van der Waals surface area contributed by atoms with Gasteiger partial charge in [-0.1, -0.05) is 56.7 Å². The van der Waals surface area contributed by atoms with Crippen molar-refractivity contribution in [1.29, 1.82) is 5.41 Å². The third-order valence-corrected chi connectivity index (χ3v) is 5.41. The minimum absolute atomic E-state index is 0.254. The SMILES string of the molecule is COc1c(Cl)cccc1C1=NN(C(=N)CC2CCCCC2)CC1C. The summed E-state index contributed by atoms with van der Waals surface area (Å²) in [5.41, 5.74) is 1.90. The van der Waals surface area contributed by atoms with Crippen LogP contribution in [0.15, 0.2) is 23.3 Å². The van der Waals surface area contributed by atoms with E-state index < -0.39 is 0 Å². The standard InChI is InChI=1S/C19H26ClN3O/c1-13-12-23(17(21)11-14-7-4-3-5-8-14)22-18(13)15-9-6-10-16(20)19(15)24-2/h6,9-10,13-14,21H,3-5,7-8,11-12H2,1-2H3. The molecule has 1 heterocycles. The first-order chi connectivity index (χ1) is 11.6. The number of ether oxygens (including phenoxy) is 1. The van der Waals surface area contributed by atoms with Crippen LogP contribution in [-0.2, 0) is 0 Å². The van der Waals surface area contributed by atoms with E-state index >= 15 is 0 Å². The smallest absolute Gasteiger partial charge is 0.146 e. The minimum Gasteiger partial charge on any atom is -0.494 e. The third kappa shape index (κ3) is 3.59. The summed E-state index contributed by atoms with van der Waals surface area (Å²) < 4.78 is 5.47. The van der Waals surface area contributed by atoms with E-state index in [2.05, 4.69) is 6.92 Å². The Kier molecular flexibility index (Phi) is 5.44. The Hall–Kier alpha value is -1.55. The Morgan fingerprint density at radius 2 is 2.08 bits per heavy atom. The van der Waals surface area contributed by atoms with Gasteiger partial charge in [-0.15, -0.1) is 0 Å². The van der Waals surface area contributed by atoms with Gasteiger partial charge >= 0.3 is 0 Å². The molecule has 24 heavy (non-hydrogen) atoms. The molecule has 1 aromatic rings. The van der Waals surface area contributed by atoms with E-state index in [1.807, 2.05) is 23.2 Å². The topological polar surface area (TPSA) is 48.7 Å². The van der Waals surface area contributed by atoms with Gasteiger partial charge < -0.3 is 4.74 Å². The van der Waals surface area contributed by atoms with Gasteiger partial charge in [-0.3, -0.25) is 10.4 Å². The number of nitrogens with one attached hydrogen (secondary N) is 1. The highest BCUT2D eigenvalue weighted by Crippen LogP contribution is 2.33. The summed E-state index contributed by atoms with van der Waals surface area (Å²) in [7, 11) is 1.63. The van der Waals surface area contributed by atoms with E-state index in [-0.39, 0.29) is 5.92 Å². The predicted octanol–water partition coefficient (Wildman–Crippen LogP) is 4.95. The fraction of sp³-hybridized carbons (Fsp3) is 0.579. The number of para-hydroxylation sites is 1. The summed E-state index contributed by atoms with van der Waals surface area (Å²) in [5, 5.41) is 15.7. The molecule has 5 heteroatoms. The van der Waals surface area contributed by atoms with Crippen LogP contribution < -0.4 is 4.74 Å². The number of nitrogens with zero attached hydrogens (tertiary/aromatic N) is 2. The molecule has 3 rings (SSSR count). The molecule has 4 nitrogen and oxygen atoms in total. The highest BCUT2D eigenvalue weighted by Gasteiger charge is 2.29. The van der Waals surface area contributed by atoms with Crippen LogP contribution >= 0.6 is 11.6 Å². The molecule has 0 radical (unpaired) electrons. The fourth-order valence-electron chi connectivity index (χ4n) is 3.79. The van der Waals surface area contributed by atoms with Crippen molar-refractivity contribution in [2.75, 3.05) is 13.7 Å². The van der Waals surface area contributed by atoms with E-state index in [4.69, 9.17) is 26.8 Å². The lowest BCUT2D eigenvalue weighted by atomic mass is 9.86. The van der Waals surface area contributed by atoms with Crippen molar-refractivity contribution >= 4 is 23.1 Å². The van der Waals surface area contributed by atoms with Crippen LogP contribution in [0.25, 0.3) is 0 Å². The van der Waals surface area contributed by atoms with Gasteiger partial charge in [-0.25, -0.2) is 0 Å². The van der Waals surface area contributed by atoms with Crippen molar-refractivity contribution in [2.45, 2.75) is 45.4 Å². The Morgan fingerprint density at radius 3 is 2.79 bits per heavy atom. The van der Waals surface area contributed by atoms with Gasteiger partial charge in [0, 0.05) is 17.9 Å². The molecule has 1 aliphatic carbocycles. The fourth-order valence-corrected chi connectivity index (χ4v) is 4.04. The molecule has 0 amide bonds. The minimum atomic E-state index is 0.254. The average Bonchev–Trinajstić information content (AvgIpc) is 2.97. The average molecular weight is 348 g/mol. The van der Waals surface area contributed by atoms with Crippen molar-refractivity contribution in [3.63, 3.8) is 0 Å². The molecule has 0 spiro atoms. The van der Waals surface area contributed by atoms with Crippen molar-refractivity contribution < 1.29 is 4.74 Å². The van der Waals surface area contributed by atoms with Crippen molar-refractivity contribution in [2.24, 2.45) is 16.9 Å². The summed E-state index contributed by atoms with van der Waals surface area (Å²) in [6, 6.07) is 5.74. The van der Waals surface area contributed by atoms with Crippen LogP contribution in [0, 0.1) is 17.2 Å². The van der Waals surface area contributed by atoms with Crippen molar-refractivity contribution in [1.82, 2.24) is 5.01 Å². The molecule has 1 aromatic carbocycles. The first kappa shape index (κ1) is 17.3. The summed E-state index contributed by atoms with van der Waals surface area (Å²) in [6.07, 6.45) is 7.32. The van der Waals surface area contributed by atoms with Crippen LogP contribution in [0.2, 0.25) is 5.02 Å². The molecule has 1 unspecified atom stereocenters. The molecule has 2 aliphatic rings. The zero-order chi connectivity index (χ0) is 17.1. The van der Waals surface area contributed by atoms with E-state index in [1.165, 1.54) is 32.1 Å². The van der Waals surface area contributed by atoms with Gasteiger partial charge in [0.1, 0.15) is 11.6 Å².